The van der Waals surface area contributed by atoms with Gasteiger partial charge in [-0.25, -0.2) is 0 Å². The van der Waals surface area contributed by atoms with Gasteiger partial charge in [-0.05, 0) is 72.0 Å². The fourth-order valence-corrected chi connectivity index (χ4v) is 4.91. The topological polar surface area (TPSA) is 124 Å². The zero-order chi connectivity index (χ0) is 28.8. The molecular formula is C30H33N3O7. The van der Waals surface area contributed by atoms with Crippen LogP contribution in [0.15, 0.2) is 53.3 Å². The number of methoxy groups -OCH3 is 4. The molecule has 1 aliphatic carbocycles. The normalized spacial score (nSPS) is 13.6. The third-order valence-electron chi connectivity index (χ3n) is 6.73. The number of carbonyl (C=O) groups is 2. The first kappa shape index (κ1) is 28.3. The summed E-state index contributed by atoms with van der Waals surface area (Å²) in [4.78, 5) is 38.1. The van der Waals surface area contributed by atoms with Crippen LogP contribution in [0.3, 0.4) is 0 Å². The highest BCUT2D eigenvalue weighted by atomic mass is 16.5. The molecule has 0 bridgehead atoms. The molecule has 4 rings (SSSR count). The van der Waals surface area contributed by atoms with E-state index >= 15 is 0 Å². The van der Waals surface area contributed by atoms with E-state index in [9.17, 15) is 14.4 Å². The minimum atomic E-state index is -0.423. The van der Waals surface area contributed by atoms with Gasteiger partial charge in [-0.1, -0.05) is 6.07 Å². The molecule has 10 heteroatoms. The van der Waals surface area contributed by atoms with E-state index in [4.69, 9.17) is 18.9 Å². The van der Waals surface area contributed by atoms with Crippen LogP contribution in [0.5, 0.6) is 23.0 Å². The SMILES string of the molecule is COc1ccc(NC(=O)CNc2ccc3c(cc2=O)[C@@H](NC(C)=O)CCc2cc(OC)c(OC)c(OC)c2-3)cc1. The molecule has 0 fully saturated rings. The Morgan fingerprint density at radius 3 is 2.25 bits per heavy atom. The van der Waals surface area contributed by atoms with Crippen molar-refractivity contribution in [3.63, 3.8) is 0 Å². The van der Waals surface area contributed by atoms with Crippen molar-refractivity contribution >= 4 is 23.2 Å². The number of anilines is 2. The maximum absolute atomic E-state index is 13.4. The second-order valence-electron chi connectivity index (χ2n) is 9.23. The van der Waals surface area contributed by atoms with Gasteiger partial charge in [-0.15, -0.1) is 0 Å². The molecule has 0 aromatic heterocycles. The van der Waals surface area contributed by atoms with Crippen LogP contribution in [0.2, 0.25) is 0 Å². The molecule has 0 saturated carbocycles. The highest BCUT2D eigenvalue weighted by Gasteiger charge is 2.29. The number of ether oxygens (including phenoxy) is 4. The number of hydrogen-bond donors (Lipinski definition) is 3. The summed E-state index contributed by atoms with van der Waals surface area (Å²) < 4.78 is 22.1. The van der Waals surface area contributed by atoms with E-state index in [1.165, 1.54) is 20.1 Å². The van der Waals surface area contributed by atoms with Gasteiger partial charge in [0.1, 0.15) is 5.75 Å². The van der Waals surface area contributed by atoms with Gasteiger partial charge in [0.05, 0.1) is 46.7 Å². The lowest BCUT2D eigenvalue weighted by molar-refractivity contribution is -0.119. The van der Waals surface area contributed by atoms with Gasteiger partial charge in [0.25, 0.3) is 0 Å². The maximum atomic E-state index is 13.4. The van der Waals surface area contributed by atoms with E-state index in [-0.39, 0.29) is 29.5 Å². The molecule has 0 saturated heterocycles. The molecular weight excluding hydrogens is 514 g/mol. The van der Waals surface area contributed by atoms with Crippen molar-refractivity contribution in [1.82, 2.24) is 5.32 Å². The lowest BCUT2D eigenvalue weighted by Crippen LogP contribution is -2.27. The monoisotopic (exact) mass is 547 g/mol. The quantitative estimate of drug-likeness (QED) is 0.368. The van der Waals surface area contributed by atoms with Crippen molar-refractivity contribution in [2.45, 2.75) is 25.8 Å². The fraction of sp³-hybridized carbons (Fsp3) is 0.300. The molecule has 10 nitrogen and oxygen atoms in total. The van der Waals surface area contributed by atoms with Crippen LogP contribution < -0.4 is 40.3 Å². The summed E-state index contributed by atoms with van der Waals surface area (Å²) in [6, 6.07) is 13.3. The van der Waals surface area contributed by atoms with E-state index in [1.807, 2.05) is 6.07 Å². The lowest BCUT2D eigenvalue weighted by atomic mass is 9.95. The van der Waals surface area contributed by atoms with E-state index in [0.717, 1.165) is 11.1 Å². The number of fused-ring (bicyclic) bond motifs is 3. The highest BCUT2D eigenvalue weighted by molar-refractivity contribution is 5.94. The van der Waals surface area contributed by atoms with Crippen molar-refractivity contribution in [3.05, 3.63) is 69.9 Å². The Morgan fingerprint density at radius 1 is 0.900 bits per heavy atom. The van der Waals surface area contributed by atoms with Crippen LogP contribution in [-0.4, -0.2) is 46.8 Å². The van der Waals surface area contributed by atoms with Gasteiger partial charge in [0.2, 0.25) is 23.0 Å². The van der Waals surface area contributed by atoms with E-state index < -0.39 is 6.04 Å². The third kappa shape index (κ3) is 5.96. The van der Waals surface area contributed by atoms with Crippen molar-refractivity contribution in [2.24, 2.45) is 0 Å². The summed E-state index contributed by atoms with van der Waals surface area (Å²) in [7, 11) is 6.20. The predicted octanol–water partition coefficient (Wildman–Crippen LogP) is 3.92. The average Bonchev–Trinajstić information content (AvgIpc) is 3.19. The van der Waals surface area contributed by atoms with Crippen molar-refractivity contribution in [3.8, 4) is 34.1 Å². The van der Waals surface area contributed by atoms with Gasteiger partial charge in [0, 0.05) is 18.2 Å². The number of benzene rings is 2. The van der Waals surface area contributed by atoms with Crippen LogP contribution >= 0.6 is 0 Å². The number of hydrogen-bond acceptors (Lipinski definition) is 8. The maximum Gasteiger partial charge on any atom is 0.243 e. The summed E-state index contributed by atoms with van der Waals surface area (Å²) in [6.07, 6.45) is 1.15. The predicted molar refractivity (Wildman–Crippen MR) is 153 cm³/mol. The summed E-state index contributed by atoms with van der Waals surface area (Å²) in [6.45, 7) is 1.32. The molecule has 40 heavy (non-hydrogen) atoms. The molecule has 3 aromatic rings. The molecule has 2 amide bonds. The molecule has 0 unspecified atom stereocenters. The summed E-state index contributed by atoms with van der Waals surface area (Å²) >= 11 is 0. The summed E-state index contributed by atoms with van der Waals surface area (Å²) in [5.41, 5.74) is 3.54. The van der Waals surface area contributed by atoms with Gasteiger partial charge in [0.15, 0.2) is 11.5 Å². The highest BCUT2D eigenvalue weighted by Crippen LogP contribution is 2.50. The zero-order valence-electron chi connectivity index (χ0n) is 23.2. The van der Waals surface area contributed by atoms with Crippen LogP contribution in [0.4, 0.5) is 11.4 Å². The Hall–Kier alpha value is -4.73. The van der Waals surface area contributed by atoms with Gasteiger partial charge < -0.3 is 34.9 Å². The molecule has 3 N–H and O–H groups in total. The Morgan fingerprint density at radius 2 is 1.62 bits per heavy atom. The second kappa shape index (κ2) is 12.4. The van der Waals surface area contributed by atoms with Gasteiger partial charge in [-0.3, -0.25) is 14.4 Å². The summed E-state index contributed by atoms with van der Waals surface area (Å²) in [5.74, 6) is 1.56. The minimum Gasteiger partial charge on any atom is -0.497 e. The van der Waals surface area contributed by atoms with Crippen LogP contribution in [0, 0.1) is 0 Å². The standard InChI is InChI=1S/C30H33N3O7/c1-17(34)32-23-12-6-18-14-26(38-3)29(39-4)30(40-5)28(18)21-11-13-24(25(35)15-22(21)23)31-16-27(36)33-19-7-9-20(37-2)10-8-19/h7-11,13-15,23H,6,12,16H2,1-5H3,(H,31,35)(H,32,34)(H,33,36)/t23-/m0/s1. The largest absolute Gasteiger partial charge is 0.497 e. The van der Waals surface area contributed by atoms with Crippen molar-refractivity contribution in [1.29, 1.82) is 0 Å². The molecule has 1 aliphatic rings. The van der Waals surface area contributed by atoms with Gasteiger partial charge >= 0.3 is 0 Å². The first-order valence-electron chi connectivity index (χ1n) is 12.7. The number of nitrogens with one attached hydrogen (secondary N) is 3. The first-order valence-corrected chi connectivity index (χ1v) is 12.7. The average molecular weight is 548 g/mol. The molecule has 0 heterocycles. The van der Waals surface area contributed by atoms with Crippen LogP contribution in [-0.2, 0) is 16.0 Å². The van der Waals surface area contributed by atoms with E-state index in [1.54, 1.807) is 57.7 Å². The van der Waals surface area contributed by atoms with Crippen molar-refractivity contribution in [2.75, 3.05) is 45.6 Å². The molecule has 0 radical (unpaired) electrons. The van der Waals surface area contributed by atoms with E-state index in [0.29, 0.717) is 52.7 Å². The van der Waals surface area contributed by atoms with Crippen LogP contribution in [0.25, 0.3) is 11.1 Å². The number of carbonyl (C=O) groups excluding carboxylic acids is 2. The van der Waals surface area contributed by atoms with Crippen molar-refractivity contribution < 1.29 is 28.5 Å². The molecule has 0 spiro atoms. The Balaban J connectivity index is 1.74. The number of aryl methyl sites for hydroxylation is 1. The fourth-order valence-electron chi connectivity index (χ4n) is 4.91. The number of amides is 2. The Bertz CT molecular complexity index is 1470. The number of rotatable bonds is 9. The lowest BCUT2D eigenvalue weighted by Gasteiger charge is -2.19. The molecule has 0 aliphatic heterocycles. The van der Waals surface area contributed by atoms with Crippen LogP contribution in [0.1, 0.15) is 30.5 Å². The Labute approximate surface area is 232 Å². The third-order valence-corrected chi connectivity index (χ3v) is 6.73. The molecule has 210 valence electrons. The van der Waals surface area contributed by atoms with Gasteiger partial charge in [-0.2, -0.15) is 0 Å². The second-order valence-corrected chi connectivity index (χ2v) is 9.23. The first-order chi connectivity index (χ1) is 19.3. The molecule has 1 atom stereocenters. The van der Waals surface area contributed by atoms with E-state index in [2.05, 4.69) is 16.0 Å². The minimum absolute atomic E-state index is 0.129. The smallest absolute Gasteiger partial charge is 0.243 e. The molecule has 3 aromatic carbocycles. The Kier molecular flexibility index (Phi) is 8.78. The summed E-state index contributed by atoms with van der Waals surface area (Å²) in [5, 5.41) is 8.72. The zero-order valence-corrected chi connectivity index (χ0v) is 23.2.